The topological polar surface area (TPSA) is 55.8 Å². The van der Waals surface area contributed by atoms with Gasteiger partial charge in [0.05, 0.1) is 12.7 Å². The molecule has 0 aliphatic carbocycles. The van der Waals surface area contributed by atoms with Crippen LogP contribution in [0.4, 0.5) is 0 Å². The highest BCUT2D eigenvalue weighted by Gasteiger charge is 2.15. The molecule has 0 bridgehead atoms. The van der Waals surface area contributed by atoms with E-state index in [1.54, 1.807) is 20.8 Å². The second-order valence-corrected chi connectivity index (χ2v) is 5.34. The summed E-state index contributed by atoms with van der Waals surface area (Å²) in [5.74, 6) is 0.238. The quantitative estimate of drug-likeness (QED) is 0.825. The standard InChI is InChI=1S/C19H22O4/c1-4-22-19(21)14(3)23-18-10-8-15(9-11-18)17-7-5-6-16(12-17)13(2)20/h5-14,20H,4H2,1-3H3/t13-,14-/m1/s1. The van der Waals surface area contributed by atoms with Crippen LogP contribution in [0.5, 0.6) is 5.75 Å². The molecule has 0 heterocycles. The van der Waals surface area contributed by atoms with Gasteiger partial charge < -0.3 is 14.6 Å². The van der Waals surface area contributed by atoms with Crippen LogP contribution >= 0.6 is 0 Å². The van der Waals surface area contributed by atoms with Crippen molar-refractivity contribution in [2.24, 2.45) is 0 Å². The maximum Gasteiger partial charge on any atom is 0.347 e. The van der Waals surface area contributed by atoms with Crippen molar-refractivity contribution >= 4 is 5.97 Å². The molecule has 1 N–H and O–H groups in total. The van der Waals surface area contributed by atoms with Gasteiger partial charge in [-0.15, -0.1) is 0 Å². The molecule has 0 aromatic heterocycles. The maximum absolute atomic E-state index is 11.6. The van der Waals surface area contributed by atoms with Gasteiger partial charge in [-0.3, -0.25) is 0 Å². The van der Waals surface area contributed by atoms with Gasteiger partial charge in [0.25, 0.3) is 0 Å². The number of hydrogen-bond donors (Lipinski definition) is 1. The van der Waals surface area contributed by atoms with E-state index in [9.17, 15) is 9.90 Å². The number of aliphatic hydroxyl groups excluding tert-OH is 1. The summed E-state index contributed by atoms with van der Waals surface area (Å²) in [5, 5.41) is 9.67. The lowest BCUT2D eigenvalue weighted by Crippen LogP contribution is -2.25. The first-order valence-corrected chi connectivity index (χ1v) is 7.73. The van der Waals surface area contributed by atoms with E-state index in [1.165, 1.54) is 0 Å². The zero-order valence-electron chi connectivity index (χ0n) is 13.7. The van der Waals surface area contributed by atoms with Gasteiger partial charge in [0.2, 0.25) is 0 Å². The molecule has 0 aliphatic heterocycles. The van der Waals surface area contributed by atoms with Crippen LogP contribution in [0.1, 0.15) is 32.4 Å². The van der Waals surface area contributed by atoms with Crippen molar-refractivity contribution in [2.45, 2.75) is 33.0 Å². The highest BCUT2D eigenvalue weighted by atomic mass is 16.6. The van der Waals surface area contributed by atoms with Gasteiger partial charge in [-0.2, -0.15) is 0 Å². The molecule has 0 unspecified atom stereocenters. The predicted molar refractivity (Wildman–Crippen MR) is 89.2 cm³/mol. The first kappa shape index (κ1) is 17.0. The van der Waals surface area contributed by atoms with Gasteiger partial charge >= 0.3 is 5.97 Å². The Balaban J connectivity index is 2.10. The fourth-order valence-electron chi connectivity index (χ4n) is 2.22. The second kappa shape index (κ2) is 7.79. The number of benzene rings is 2. The summed E-state index contributed by atoms with van der Waals surface area (Å²) >= 11 is 0. The lowest BCUT2D eigenvalue weighted by atomic mass is 10.0. The van der Waals surface area contributed by atoms with E-state index >= 15 is 0 Å². The van der Waals surface area contributed by atoms with E-state index in [4.69, 9.17) is 9.47 Å². The molecular weight excluding hydrogens is 292 g/mol. The third kappa shape index (κ3) is 4.57. The monoisotopic (exact) mass is 314 g/mol. The summed E-state index contributed by atoms with van der Waals surface area (Å²) in [4.78, 5) is 11.6. The largest absolute Gasteiger partial charge is 0.479 e. The third-order valence-electron chi connectivity index (χ3n) is 3.49. The van der Waals surface area contributed by atoms with Crippen LogP contribution in [0.25, 0.3) is 11.1 Å². The van der Waals surface area contributed by atoms with Gasteiger partial charge in [0, 0.05) is 0 Å². The molecule has 0 fully saturated rings. The average Bonchev–Trinajstić information content (AvgIpc) is 2.56. The lowest BCUT2D eigenvalue weighted by molar-refractivity contribution is -0.150. The normalized spacial score (nSPS) is 13.2. The molecule has 23 heavy (non-hydrogen) atoms. The minimum Gasteiger partial charge on any atom is -0.479 e. The van der Waals surface area contributed by atoms with E-state index < -0.39 is 12.2 Å². The number of ether oxygens (including phenoxy) is 2. The van der Waals surface area contributed by atoms with E-state index in [0.29, 0.717) is 12.4 Å². The molecule has 2 atom stereocenters. The fraction of sp³-hybridized carbons (Fsp3) is 0.316. The Morgan fingerprint density at radius 1 is 1.09 bits per heavy atom. The number of esters is 1. The zero-order chi connectivity index (χ0) is 16.8. The molecule has 0 radical (unpaired) electrons. The first-order chi connectivity index (χ1) is 11.0. The van der Waals surface area contributed by atoms with Crippen molar-refractivity contribution in [3.8, 4) is 16.9 Å². The van der Waals surface area contributed by atoms with Gasteiger partial charge in [-0.1, -0.05) is 30.3 Å². The van der Waals surface area contributed by atoms with Crippen molar-refractivity contribution < 1.29 is 19.4 Å². The molecule has 4 nitrogen and oxygen atoms in total. The van der Waals surface area contributed by atoms with Crippen LogP contribution in [0.3, 0.4) is 0 Å². The van der Waals surface area contributed by atoms with Crippen molar-refractivity contribution in [1.29, 1.82) is 0 Å². The highest BCUT2D eigenvalue weighted by molar-refractivity contribution is 5.74. The molecule has 2 aromatic carbocycles. The Bertz CT molecular complexity index is 647. The smallest absolute Gasteiger partial charge is 0.347 e. The third-order valence-corrected chi connectivity index (χ3v) is 3.49. The van der Waals surface area contributed by atoms with E-state index in [-0.39, 0.29) is 5.97 Å². The molecule has 2 aromatic rings. The average molecular weight is 314 g/mol. The SMILES string of the molecule is CCOC(=O)[C@@H](C)Oc1ccc(-c2cccc([C@@H](C)O)c2)cc1. The first-order valence-electron chi connectivity index (χ1n) is 7.73. The number of hydrogen-bond acceptors (Lipinski definition) is 4. The second-order valence-electron chi connectivity index (χ2n) is 5.34. The summed E-state index contributed by atoms with van der Waals surface area (Å²) in [6.07, 6.45) is -1.14. The van der Waals surface area contributed by atoms with Crippen molar-refractivity contribution in [2.75, 3.05) is 6.61 Å². The van der Waals surface area contributed by atoms with E-state index in [1.807, 2.05) is 48.5 Å². The molecule has 0 aliphatic rings. The Morgan fingerprint density at radius 3 is 2.39 bits per heavy atom. The molecule has 0 amide bonds. The molecule has 0 saturated heterocycles. The highest BCUT2D eigenvalue weighted by Crippen LogP contribution is 2.25. The van der Waals surface area contributed by atoms with Crippen LogP contribution in [-0.4, -0.2) is 23.8 Å². The van der Waals surface area contributed by atoms with E-state index in [0.717, 1.165) is 16.7 Å². The molecule has 0 saturated carbocycles. The zero-order valence-corrected chi connectivity index (χ0v) is 13.7. The number of carbonyl (C=O) groups is 1. The molecule has 2 rings (SSSR count). The summed E-state index contributed by atoms with van der Waals surface area (Å²) in [5.41, 5.74) is 2.91. The van der Waals surface area contributed by atoms with Crippen molar-refractivity contribution in [3.05, 3.63) is 54.1 Å². The van der Waals surface area contributed by atoms with Crippen LogP contribution in [0.2, 0.25) is 0 Å². The van der Waals surface area contributed by atoms with Gasteiger partial charge in [0.15, 0.2) is 6.10 Å². The van der Waals surface area contributed by atoms with E-state index in [2.05, 4.69) is 0 Å². The maximum atomic E-state index is 11.6. The number of aliphatic hydroxyl groups is 1. The van der Waals surface area contributed by atoms with Gasteiger partial charge in [0.1, 0.15) is 5.75 Å². The molecule has 0 spiro atoms. The van der Waals surface area contributed by atoms with Crippen molar-refractivity contribution in [3.63, 3.8) is 0 Å². The molecule has 122 valence electrons. The summed E-state index contributed by atoms with van der Waals surface area (Å²) in [6, 6.07) is 15.3. The lowest BCUT2D eigenvalue weighted by Gasteiger charge is -2.14. The Morgan fingerprint density at radius 2 is 1.78 bits per heavy atom. The Hall–Kier alpha value is -2.33. The van der Waals surface area contributed by atoms with Crippen LogP contribution in [-0.2, 0) is 9.53 Å². The molecule has 4 heteroatoms. The minimum absolute atomic E-state index is 0.338. The fourth-order valence-corrected chi connectivity index (χ4v) is 2.22. The predicted octanol–water partition coefficient (Wildman–Crippen LogP) is 3.74. The number of rotatable bonds is 6. The Kier molecular flexibility index (Phi) is 5.77. The van der Waals surface area contributed by atoms with Crippen LogP contribution in [0, 0.1) is 0 Å². The van der Waals surface area contributed by atoms with Gasteiger partial charge in [-0.25, -0.2) is 4.79 Å². The summed E-state index contributed by atoms with van der Waals surface area (Å²) in [6.45, 7) is 5.51. The van der Waals surface area contributed by atoms with Crippen LogP contribution in [0.15, 0.2) is 48.5 Å². The summed E-state index contributed by atoms with van der Waals surface area (Å²) in [7, 11) is 0. The number of carbonyl (C=O) groups excluding carboxylic acids is 1. The molecular formula is C19H22O4. The Labute approximate surface area is 136 Å². The minimum atomic E-state index is -0.639. The summed E-state index contributed by atoms with van der Waals surface area (Å²) < 4.78 is 10.5. The van der Waals surface area contributed by atoms with Crippen molar-refractivity contribution in [1.82, 2.24) is 0 Å². The van der Waals surface area contributed by atoms with Crippen LogP contribution < -0.4 is 4.74 Å². The van der Waals surface area contributed by atoms with Gasteiger partial charge in [-0.05, 0) is 55.7 Å².